The van der Waals surface area contributed by atoms with E-state index in [4.69, 9.17) is 4.74 Å². The fraction of sp³-hybridized carbons (Fsp3) is 0.0492. The van der Waals surface area contributed by atoms with Gasteiger partial charge in [0.25, 0.3) is 0 Å². The van der Waals surface area contributed by atoms with Gasteiger partial charge in [0.05, 0.1) is 11.4 Å². The van der Waals surface area contributed by atoms with E-state index < -0.39 is 0 Å². The predicted octanol–water partition coefficient (Wildman–Crippen LogP) is 17.0. The van der Waals surface area contributed by atoms with E-state index >= 15 is 0 Å². The Bertz CT molecular complexity index is 3470. The van der Waals surface area contributed by atoms with E-state index in [9.17, 15) is 0 Å². The maximum atomic E-state index is 6.66. The summed E-state index contributed by atoms with van der Waals surface area (Å²) in [5.74, 6) is 2.31. The molecule has 12 rings (SSSR count). The Labute approximate surface area is 368 Å². The fourth-order valence-electron chi connectivity index (χ4n) is 10.1. The Morgan fingerprint density at radius 3 is 1.90 bits per heavy atom. The minimum Gasteiger partial charge on any atom is -0.460 e. The van der Waals surface area contributed by atoms with Gasteiger partial charge >= 0.3 is 0 Å². The first-order valence-electron chi connectivity index (χ1n) is 22.0. The van der Waals surface area contributed by atoms with Crippen LogP contribution in [0.5, 0.6) is 5.75 Å². The van der Waals surface area contributed by atoms with Crippen LogP contribution in [0, 0.1) is 5.92 Å². The van der Waals surface area contributed by atoms with Gasteiger partial charge < -0.3 is 9.64 Å². The van der Waals surface area contributed by atoms with Crippen molar-refractivity contribution in [2.45, 2.75) is 13.3 Å². The van der Waals surface area contributed by atoms with Crippen molar-refractivity contribution in [2.75, 3.05) is 4.90 Å². The summed E-state index contributed by atoms with van der Waals surface area (Å²) in [4.78, 5) is 2.49. The smallest absolute Gasteiger partial charge is 0.135 e. The van der Waals surface area contributed by atoms with E-state index in [1.165, 1.54) is 71.3 Å². The van der Waals surface area contributed by atoms with Crippen LogP contribution in [0.4, 0.5) is 17.1 Å². The second kappa shape index (κ2) is 15.2. The summed E-state index contributed by atoms with van der Waals surface area (Å²) in [7, 11) is 0. The summed E-state index contributed by atoms with van der Waals surface area (Å²) in [6.07, 6.45) is 5.54. The second-order valence-corrected chi connectivity index (χ2v) is 16.8. The lowest BCUT2D eigenvalue weighted by atomic mass is 9.85. The van der Waals surface area contributed by atoms with Crippen molar-refractivity contribution in [3.05, 3.63) is 236 Å². The summed E-state index contributed by atoms with van der Waals surface area (Å²) < 4.78 is 6.66. The number of hydrogen-bond donors (Lipinski definition) is 0. The quantitative estimate of drug-likeness (QED) is 0.159. The van der Waals surface area contributed by atoms with Crippen molar-refractivity contribution < 1.29 is 4.74 Å². The molecular formula is C61H43NO. The topological polar surface area (TPSA) is 12.5 Å². The SMILES string of the molecule is CC1CC=CC2=C1Oc1cccc3cc(-c4ccccc4N(c4cccc(-c5cccc6ccccc56)c4)c4ccccc4-c4cccc5cccc(-c6ccccc6)c45)cc2c13. The van der Waals surface area contributed by atoms with Gasteiger partial charge in [0.15, 0.2) is 0 Å². The number of nitrogens with zero attached hydrogens (tertiary/aromatic N) is 1. The number of ether oxygens (including phenoxy) is 1. The largest absolute Gasteiger partial charge is 0.460 e. The van der Waals surface area contributed by atoms with Gasteiger partial charge in [-0.25, -0.2) is 0 Å². The number of fused-ring (bicyclic) bond motifs is 3. The highest BCUT2D eigenvalue weighted by atomic mass is 16.5. The minimum atomic E-state index is 0.307. The van der Waals surface area contributed by atoms with Crippen molar-refractivity contribution in [3.63, 3.8) is 0 Å². The first-order chi connectivity index (χ1) is 31.2. The van der Waals surface area contributed by atoms with Crippen LogP contribution in [0.25, 0.3) is 82.4 Å². The first-order valence-corrected chi connectivity index (χ1v) is 22.0. The minimum absolute atomic E-state index is 0.307. The molecule has 0 bridgehead atoms. The zero-order valence-corrected chi connectivity index (χ0v) is 35.0. The van der Waals surface area contributed by atoms with Crippen molar-refractivity contribution in [2.24, 2.45) is 5.92 Å². The molecule has 1 unspecified atom stereocenters. The van der Waals surface area contributed by atoms with Crippen LogP contribution in [0.1, 0.15) is 18.9 Å². The molecule has 1 atom stereocenters. The lowest BCUT2D eigenvalue weighted by Gasteiger charge is -2.31. The molecule has 1 aliphatic carbocycles. The molecule has 0 spiro atoms. The zero-order valence-electron chi connectivity index (χ0n) is 35.0. The standard InChI is InChI=1S/C61H43NO/c1-40-17-11-33-54-55-39-46(37-45-25-16-36-58(60(45)55)63-61(40)54)50-28-7-9-34-56(50)62(47-26-12-24-44(38-47)49-30-13-21-41-20-5-6-27-48(41)49)57-35-10-8-29-52(57)53-32-15-23-43-22-14-31-51(59(43)53)42-18-3-2-4-19-42/h2-16,18-40H,17H2,1H3. The molecule has 1 aliphatic heterocycles. The number of hydrogen-bond acceptors (Lipinski definition) is 2. The summed E-state index contributed by atoms with van der Waals surface area (Å²) in [5.41, 5.74) is 15.1. The summed E-state index contributed by atoms with van der Waals surface area (Å²) in [5, 5.41) is 7.26. The average Bonchev–Trinajstić information content (AvgIpc) is 3.34. The van der Waals surface area contributed by atoms with Gasteiger partial charge in [-0.05, 0) is 115 Å². The Hall–Kier alpha value is -7.94. The number of para-hydroxylation sites is 2. The number of benzene rings is 10. The molecule has 10 aromatic rings. The lowest BCUT2D eigenvalue weighted by Crippen LogP contribution is -2.15. The summed E-state index contributed by atoms with van der Waals surface area (Å²) in [6, 6.07) is 77.7. The predicted molar refractivity (Wildman–Crippen MR) is 266 cm³/mol. The molecule has 298 valence electrons. The van der Waals surface area contributed by atoms with Crippen molar-refractivity contribution >= 4 is 55.0 Å². The monoisotopic (exact) mass is 805 g/mol. The summed E-state index contributed by atoms with van der Waals surface area (Å²) in [6.45, 7) is 2.27. The molecular weight excluding hydrogens is 763 g/mol. The number of rotatable bonds is 7. The third-order valence-corrected chi connectivity index (χ3v) is 13.0. The van der Waals surface area contributed by atoms with Gasteiger partial charge in [0.2, 0.25) is 0 Å². The van der Waals surface area contributed by atoms with Crippen LogP contribution in [-0.4, -0.2) is 0 Å². The third-order valence-electron chi connectivity index (χ3n) is 13.0. The van der Waals surface area contributed by atoms with E-state index in [1.807, 2.05) is 0 Å². The molecule has 0 radical (unpaired) electrons. The molecule has 10 aromatic carbocycles. The maximum Gasteiger partial charge on any atom is 0.135 e. The van der Waals surface area contributed by atoms with Gasteiger partial charge in [0, 0.05) is 33.7 Å². The number of allylic oxidation sites excluding steroid dienone is 4. The Morgan fingerprint density at radius 2 is 1.05 bits per heavy atom. The van der Waals surface area contributed by atoms with Gasteiger partial charge in [-0.15, -0.1) is 0 Å². The molecule has 0 saturated heterocycles. The highest BCUT2D eigenvalue weighted by Gasteiger charge is 2.28. The third kappa shape index (κ3) is 6.25. The fourth-order valence-corrected chi connectivity index (χ4v) is 10.1. The average molecular weight is 806 g/mol. The van der Waals surface area contributed by atoms with E-state index in [-0.39, 0.29) is 0 Å². The molecule has 0 aromatic heterocycles. The van der Waals surface area contributed by atoms with Crippen LogP contribution < -0.4 is 9.64 Å². The van der Waals surface area contributed by atoms with Gasteiger partial charge in [-0.2, -0.15) is 0 Å². The van der Waals surface area contributed by atoms with Gasteiger partial charge in [-0.1, -0.05) is 189 Å². The molecule has 1 heterocycles. The molecule has 2 aliphatic rings. The molecule has 2 nitrogen and oxygen atoms in total. The molecule has 0 fully saturated rings. The van der Waals surface area contributed by atoms with E-state index in [0.29, 0.717) is 5.92 Å². The lowest BCUT2D eigenvalue weighted by molar-refractivity contribution is 0.360. The highest BCUT2D eigenvalue weighted by Crippen LogP contribution is 2.50. The second-order valence-electron chi connectivity index (χ2n) is 16.8. The van der Waals surface area contributed by atoms with E-state index in [0.717, 1.165) is 51.7 Å². The van der Waals surface area contributed by atoms with Crippen molar-refractivity contribution in [1.29, 1.82) is 0 Å². The Balaban J connectivity index is 1.12. The van der Waals surface area contributed by atoms with Crippen LogP contribution in [0.2, 0.25) is 0 Å². The van der Waals surface area contributed by atoms with Gasteiger partial charge in [0.1, 0.15) is 11.5 Å². The summed E-state index contributed by atoms with van der Waals surface area (Å²) >= 11 is 0. The Kier molecular flexibility index (Phi) is 8.90. The van der Waals surface area contributed by atoms with Crippen molar-refractivity contribution in [3.8, 4) is 50.3 Å². The van der Waals surface area contributed by atoms with Crippen LogP contribution in [-0.2, 0) is 0 Å². The zero-order chi connectivity index (χ0) is 41.9. The van der Waals surface area contributed by atoms with Crippen molar-refractivity contribution in [1.82, 2.24) is 0 Å². The molecule has 2 heteroatoms. The van der Waals surface area contributed by atoms with Crippen LogP contribution >= 0.6 is 0 Å². The molecule has 63 heavy (non-hydrogen) atoms. The van der Waals surface area contributed by atoms with Crippen LogP contribution in [0.15, 0.2) is 230 Å². The van der Waals surface area contributed by atoms with E-state index in [2.05, 4.69) is 236 Å². The van der Waals surface area contributed by atoms with Gasteiger partial charge in [-0.3, -0.25) is 0 Å². The number of anilines is 3. The Morgan fingerprint density at radius 1 is 0.429 bits per heavy atom. The molecule has 0 amide bonds. The molecule has 0 N–H and O–H groups in total. The van der Waals surface area contributed by atoms with Crippen LogP contribution in [0.3, 0.4) is 0 Å². The normalized spacial score (nSPS) is 14.2. The maximum absolute atomic E-state index is 6.66. The molecule has 0 saturated carbocycles. The first kappa shape index (κ1) is 36.9. The highest BCUT2D eigenvalue weighted by molar-refractivity contribution is 6.10. The van der Waals surface area contributed by atoms with E-state index in [1.54, 1.807) is 0 Å².